The zero-order valence-corrected chi connectivity index (χ0v) is 16.3. The third-order valence-electron chi connectivity index (χ3n) is 0.940. The van der Waals surface area contributed by atoms with Crippen LogP contribution in [0.15, 0.2) is 30.3 Å². The maximum absolute atomic E-state index is 8.89. The molecule has 0 N–H and O–H groups in total. The van der Waals surface area contributed by atoms with Crippen LogP contribution < -0.4 is 103 Å². The van der Waals surface area contributed by atoms with E-state index in [1.54, 1.807) is 0 Å². The van der Waals surface area contributed by atoms with Crippen LogP contribution in [0.25, 0.3) is 0 Å². The van der Waals surface area contributed by atoms with Gasteiger partial charge in [-0.25, -0.2) is 0 Å². The largest absolute Gasteiger partial charge is 1.00 e. The van der Waals surface area contributed by atoms with Gasteiger partial charge in [-0.15, -0.1) is 9.05 Å². The molecule has 68 valence electrons. The molecule has 0 heterocycles. The molecule has 7 heteroatoms. The average molecular weight is 282 g/mol. The fraction of sp³-hybridized carbons (Fsp3) is 0.143. The summed E-state index contributed by atoms with van der Waals surface area (Å²) >= 11 is 3.24. The van der Waals surface area contributed by atoms with Crippen LogP contribution in [-0.4, -0.2) is 13.3 Å². The van der Waals surface area contributed by atoms with Crippen LogP contribution in [0.4, 0.5) is 0 Å². The Hall–Kier alpha value is 2.78. The predicted molar refractivity (Wildman–Crippen MR) is 48.2 cm³/mol. The summed E-state index contributed by atoms with van der Waals surface area (Å²) in [6.45, 7) is 2.08. The van der Waals surface area contributed by atoms with Gasteiger partial charge in [0, 0.05) is 0 Å². The zero-order chi connectivity index (χ0) is 9.61. The fourth-order valence-corrected chi connectivity index (χ4v) is 0.534. The molecule has 0 saturated carbocycles. The van der Waals surface area contributed by atoms with E-state index in [-0.39, 0.29) is 103 Å². The Bertz CT molecular complexity index is 305. The van der Waals surface area contributed by atoms with Gasteiger partial charge < -0.3 is 9.11 Å². The summed E-state index contributed by atoms with van der Waals surface area (Å²) in [6.07, 6.45) is 0. The quantitative estimate of drug-likeness (QED) is 0.447. The van der Waals surface area contributed by atoms with E-state index in [2.05, 4.69) is 30.2 Å². The Morgan fingerprint density at radius 1 is 1.14 bits per heavy atom. The summed E-state index contributed by atoms with van der Waals surface area (Å²) in [4.78, 5) is 0. The number of rotatable bonds is 0. The molecule has 0 saturated heterocycles. The first-order valence-corrected chi connectivity index (χ1v) is 5.41. The van der Waals surface area contributed by atoms with E-state index in [0.717, 1.165) is 0 Å². The molecular weight excluding hydrogens is 274 g/mol. The van der Waals surface area contributed by atoms with E-state index in [1.807, 2.05) is 18.2 Å². The Morgan fingerprint density at radius 3 is 1.57 bits per heavy atom. The standard InChI is InChI=1S/C7H8.2K.H2O3S2/c1-7-5-3-2-4-6-7;;;1-5(2,3)4/h2-6H,1H3;;;(H2,1,2,3,4)/q;2*+1;/p-2. The van der Waals surface area contributed by atoms with Crippen molar-refractivity contribution in [2.75, 3.05) is 0 Å². The third kappa shape index (κ3) is 24.2. The van der Waals surface area contributed by atoms with E-state index in [1.165, 1.54) is 5.56 Å². The second-order valence-corrected chi connectivity index (χ2v) is 4.10. The van der Waals surface area contributed by atoms with Crippen LogP contribution in [0.1, 0.15) is 5.56 Å². The molecule has 0 aliphatic heterocycles. The molecule has 0 radical (unpaired) electrons. The SMILES string of the molecule is Cc1ccccc1.O=S([O-])([O-])=S.[K+].[K+]. The van der Waals surface area contributed by atoms with Gasteiger partial charge in [-0.2, -0.15) is 0 Å². The maximum atomic E-state index is 8.89. The molecule has 1 aromatic carbocycles. The van der Waals surface area contributed by atoms with Gasteiger partial charge in [0.25, 0.3) is 0 Å². The van der Waals surface area contributed by atoms with Crippen molar-refractivity contribution in [3.8, 4) is 0 Å². The van der Waals surface area contributed by atoms with Crippen molar-refractivity contribution in [1.29, 1.82) is 0 Å². The molecule has 0 spiro atoms. The Kier molecular flexibility index (Phi) is 19.2. The van der Waals surface area contributed by atoms with Crippen LogP contribution in [0.2, 0.25) is 0 Å². The minimum Gasteiger partial charge on any atom is -0.780 e. The van der Waals surface area contributed by atoms with E-state index >= 15 is 0 Å². The summed E-state index contributed by atoms with van der Waals surface area (Å²) < 4.78 is 26.7. The molecule has 0 bridgehead atoms. The normalized spacial score (nSPS) is 8.50. The second kappa shape index (κ2) is 12.2. The molecule has 0 atom stereocenters. The number of hydrogen-bond acceptors (Lipinski definition) is 4. The molecule has 1 aromatic rings. The zero-order valence-electron chi connectivity index (χ0n) is 8.43. The molecular formula is C7H8K2O3S2. The van der Waals surface area contributed by atoms with Crippen molar-refractivity contribution in [2.45, 2.75) is 6.92 Å². The van der Waals surface area contributed by atoms with Crippen molar-refractivity contribution < 1.29 is 116 Å². The summed E-state index contributed by atoms with van der Waals surface area (Å²) in [5, 5.41) is 0. The van der Waals surface area contributed by atoms with Gasteiger partial charge in [0.05, 0.1) is 0 Å². The van der Waals surface area contributed by atoms with E-state index < -0.39 is 9.05 Å². The Labute approximate surface area is 175 Å². The molecule has 0 amide bonds. The molecule has 1 rings (SSSR count). The molecule has 0 aromatic heterocycles. The van der Waals surface area contributed by atoms with Crippen molar-refractivity contribution in [2.24, 2.45) is 0 Å². The fourth-order valence-electron chi connectivity index (χ4n) is 0.534. The van der Waals surface area contributed by atoms with Gasteiger partial charge in [0.1, 0.15) is 0 Å². The average Bonchev–Trinajstić information content (AvgIpc) is 1.85. The first-order valence-electron chi connectivity index (χ1n) is 3.08. The van der Waals surface area contributed by atoms with Gasteiger partial charge in [0.15, 0.2) is 0 Å². The minimum atomic E-state index is -4.33. The summed E-state index contributed by atoms with van der Waals surface area (Å²) in [5.74, 6) is 0. The summed E-state index contributed by atoms with van der Waals surface area (Å²) in [7, 11) is -4.33. The van der Waals surface area contributed by atoms with Crippen LogP contribution in [-0.2, 0) is 20.2 Å². The van der Waals surface area contributed by atoms with Crippen LogP contribution in [0, 0.1) is 6.92 Å². The molecule has 0 unspecified atom stereocenters. The van der Waals surface area contributed by atoms with Crippen LogP contribution >= 0.6 is 0 Å². The maximum Gasteiger partial charge on any atom is 1.00 e. The molecule has 14 heavy (non-hydrogen) atoms. The van der Waals surface area contributed by atoms with Gasteiger partial charge in [-0.3, -0.25) is 4.21 Å². The van der Waals surface area contributed by atoms with Gasteiger partial charge >= 0.3 is 103 Å². The molecule has 3 nitrogen and oxygen atoms in total. The summed E-state index contributed by atoms with van der Waals surface area (Å²) in [5.41, 5.74) is 1.32. The first kappa shape index (κ1) is 22.0. The second-order valence-electron chi connectivity index (χ2n) is 2.06. The molecule has 0 aliphatic carbocycles. The first-order chi connectivity index (χ1) is 5.39. The predicted octanol–water partition coefficient (Wildman–Crippen LogP) is -5.00. The topological polar surface area (TPSA) is 63.2 Å². The van der Waals surface area contributed by atoms with E-state index in [0.29, 0.717) is 0 Å². The van der Waals surface area contributed by atoms with Crippen LogP contribution in [0.3, 0.4) is 0 Å². The monoisotopic (exact) mass is 282 g/mol. The minimum absolute atomic E-state index is 0. The number of aryl methyl sites for hydroxylation is 1. The van der Waals surface area contributed by atoms with E-state index in [9.17, 15) is 0 Å². The number of benzene rings is 1. The molecule has 0 aliphatic rings. The Balaban J connectivity index is -0.000000159. The van der Waals surface area contributed by atoms with Gasteiger partial charge in [-0.05, 0) is 18.1 Å². The van der Waals surface area contributed by atoms with Crippen molar-refractivity contribution in [1.82, 2.24) is 0 Å². The van der Waals surface area contributed by atoms with Crippen molar-refractivity contribution >= 4 is 20.2 Å². The van der Waals surface area contributed by atoms with Gasteiger partial charge in [0.2, 0.25) is 0 Å². The molecule has 0 fully saturated rings. The van der Waals surface area contributed by atoms with Crippen molar-refractivity contribution in [3.05, 3.63) is 35.9 Å². The van der Waals surface area contributed by atoms with Crippen LogP contribution in [0.5, 0.6) is 0 Å². The van der Waals surface area contributed by atoms with E-state index in [4.69, 9.17) is 13.3 Å². The Morgan fingerprint density at radius 2 is 1.43 bits per heavy atom. The van der Waals surface area contributed by atoms with Gasteiger partial charge in [-0.1, -0.05) is 35.9 Å². The summed E-state index contributed by atoms with van der Waals surface area (Å²) in [6, 6.07) is 10.3. The number of hydrogen-bond donors (Lipinski definition) is 0. The third-order valence-corrected chi connectivity index (χ3v) is 0.940. The van der Waals surface area contributed by atoms with Crippen molar-refractivity contribution in [3.63, 3.8) is 0 Å². The smallest absolute Gasteiger partial charge is 0.780 e.